The maximum atomic E-state index is 11.8. The number of pyridine rings is 1. The summed E-state index contributed by atoms with van der Waals surface area (Å²) in [5.41, 5.74) is 1.93. The predicted octanol–water partition coefficient (Wildman–Crippen LogP) is 4.42. The maximum absolute atomic E-state index is 11.8. The van der Waals surface area contributed by atoms with E-state index in [0.717, 1.165) is 28.6 Å². The number of nitrogens with one attached hydrogen (secondary N) is 1. The highest BCUT2D eigenvalue weighted by Crippen LogP contribution is 2.15. The number of hydrogen-bond acceptors (Lipinski definition) is 3. The molecule has 0 unspecified atom stereocenters. The lowest BCUT2D eigenvalue weighted by molar-refractivity contribution is -0.116. The van der Waals surface area contributed by atoms with Gasteiger partial charge in [-0.1, -0.05) is 23.7 Å². The molecule has 0 aliphatic carbocycles. The number of aromatic nitrogens is 1. The van der Waals surface area contributed by atoms with Crippen LogP contribution >= 0.6 is 23.4 Å². The first-order valence-corrected chi connectivity index (χ1v) is 8.32. The van der Waals surface area contributed by atoms with E-state index in [1.165, 1.54) is 5.56 Å². The van der Waals surface area contributed by atoms with Crippen LogP contribution in [-0.2, 0) is 11.2 Å². The molecule has 0 spiro atoms. The van der Waals surface area contributed by atoms with E-state index < -0.39 is 0 Å². The second kappa shape index (κ2) is 8.05. The molecular formula is C16H17ClN2OS. The maximum Gasteiger partial charge on any atom is 0.224 e. The van der Waals surface area contributed by atoms with Gasteiger partial charge in [-0.3, -0.25) is 4.79 Å². The second-order valence-electron chi connectivity index (χ2n) is 4.62. The van der Waals surface area contributed by atoms with E-state index >= 15 is 0 Å². The number of anilines is 1. The number of halogens is 1. The number of carbonyl (C=O) groups excluding carboxylic acids is 1. The molecule has 110 valence electrons. The van der Waals surface area contributed by atoms with Gasteiger partial charge in [0.05, 0.1) is 16.9 Å². The standard InChI is InChI=1S/C16H17ClN2OS/c1-21-16-10-9-14(11-18-16)19-15(20)4-2-3-12-5-7-13(17)8-6-12/h5-11H,2-4H2,1H3,(H,19,20). The monoisotopic (exact) mass is 320 g/mol. The van der Waals surface area contributed by atoms with Crippen molar-refractivity contribution in [2.24, 2.45) is 0 Å². The topological polar surface area (TPSA) is 42.0 Å². The normalized spacial score (nSPS) is 10.4. The number of aryl methyl sites for hydroxylation is 1. The van der Waals surface area contributed by atoms with Gasteiger partial charge in [0, 0.05) is 11.4 Å². The number of rotatable bonds is 6. The van der Waals surface area contributed by atoms with Crippen molar-refractivity contribution in [2.45, 2.75) is 24.3 Å². The molecule has 0 aliphatic heterocycles. The fourth-order valence-corrected chi connectivity index (χ4v) is 2.39. The van der Waals surface area contributed by atoms with E-state index in [4.69, 9.17) is 11.6 Å². The smallest absolute Gasteiger partial charge is 0.224 e. The fraction of sp³-hybridized carbons (Fsp3) is 0.250. The first kappa shape index (κ1) is 15.9. The number of carbonyl (C=O) groups is 1. The van der Waals surface area contributed by atoms with Crippen LogP contribution in [0.1, 0.15) is 18.4 Å². The average molecular weight is 321 g/mol. The van der Waals surface area contributed by atoms with Gasteiger partial charge in [0.15, 0.2) is 0 Å². The minimum absolute atomic E-state index is 0.0164. The Morgan fingerprint density at radius 2 is 2.00 bits per heavy atom. The van der Waals surface area contributed by atoms with Gasteiger partial charge in [-0.2, -0.15) is 0 Å². The average Bonchev–Trinajstić information content (AvgIpc) is 2.50. The highest BCUT2D eigenvalue weighted by molar-refractivity contribution is 7.98. The lowest BCUT2D eigenvalue weighted by atomic mass is 10.1. The zero-order valence-electron chi connectivity index (χ0n) is 11.8. The van der Waals surface area contributed by atoms with Gasteiger partial charge in [0.1, 0.15) is 0 Å². The Morgan fingerprint density at radius 3 is 2.62 bits per heavy atom. The molecule has 0 fully saturated rings. The number of hydrogen-bond donors (Lipinski definition) is 1. The summed E-state index contributed by atoms with van der Waals surface area (Å²) in [6, 6.07) is 11.5. The largest absolute Gasteiger partial charge is 0.325 e. The quantitative estimate of drug-likeness (QED) is 0.801. The van der Waals surface area contributed by atoms with Crippen LogP contribution in [0.15, 0.2) is 47.6 Å². The van der Waals surface area contributed by atoms with Crippen LogP contribution in [0.2, 0.25) is 5.02 Å². The summed E-state index contributed by atoms with van der Waals surface area (Å²) >= 11 is 7.41. The van der Waals surface area contributed by atoms with Crippen molar-refractivity contribution in [3.8, 4) is 0 Å². The summed E-state index contributed by atoms with van der Waals surface area (Å²) < 4.78 is 0. The summed E-state index contributed by atoms with van der Waals surface area (Å²) in [4.78, 5) is 16.1. The van der Waals surface area contributed by atoms with Crippen LogP contribution in [0.4, 0.5) is 5.69 Å². The third-order valence-electron chi connectivity index (χ3n) is 3.01. The summed E-state index contributed by atoms with van der Waals surface area (Å²) in [7, 11) is 0. The molecule has 1 N–H and O–H groups in total. The molecule has 0 aliphatic rings. The van der Waals surface area contributed by atoms with Crippen LogP contribution in [0.25, 0.3) is 0 Å². The number of benzene rings is 1. The molecular weight excluding hydrogens is 304 g/mol. The van der Waals surface area contributed by atoms with Crippen LogP contribution in [0, 0.1) is 0 Å². The molecule has 2 aromatic rings. The molecule has 1 amide bonds. The van der Waals surface area contributed by atoms with E-state index in [1.54, 1.807) is 18.0 Å². The molecule has 0 bridgehead atoms. The number of nitrogens with zero attached hydrogens (tertiary/aromatic N) is 1. The molecule has 1 heterocycles. The zero-order chi connectivity index (χ0) is 15.1. The third kappa shape index (κ3) is 5.40. The number of amides is 1. The van der Waals surface area contributed by atoms with Gasteiger partial charge in [-0.05, 0) is 48.9 Å². The van der Waals surface area contributed by atoms with Crippen molar-refractivity contribution in [2.75, 3.05) is 11.6 Å². The van der Waals surface area contributed by atoms with Gasteiger partial charge in [-0.25, -0.2) is 4.98 Å². The van der Waals surface area contributed by atoms with Gasteiger partial charge in [0.2, 0.25) is 5.91 Å². The predicted molar refractivity (Wildman–Crippen MR) is 89.0 cm³/mol. The van der Waals surface area contributed by atoms with Gasteiger partial charge in [-0.15, -0.1) is 11.8 Å². The first-order valence-electron chi connectivity index (χ1n) is 6.72. The number of thioether (sulfide) groups is 1. The molecule has 0 saturated carbocycles. The van der Waals surface area contributed by atoms with Gasteiger partial charge >= 0.3 is 0 Å². The van der Waals surface area contributed by atoms with Crippen molar-refractivity contribution in [1.82, 2.24) is 4.98 Å². The SMILES string of the molecule is CSc1ccc(NC(=O)CCCc2ccc(Cl)cc2)cn1. The Kier molecular flexibility index (Phi) is 6.08. The Morgan fingerprint density at radius 1 is 1.24 bits per heavy atom. The summed E-state index contributed by atoms with van der Waals surface area (Å²) in [6.45, 7) is 0. The summed E-state index contributed by atoms with van der Waals surface area (Å²) in [5, 5.41) is 4.53. The van der Waals surface area contributed by atoms with E-state index in [0.29, 0.717) is 6.42 Å². The molecule has 0 atom stereocenters. The highest BCUT2D eigenvalue weighted by atomic mass is 35.5. The first-order chi connectivity index (χ1) is 10.2. The molecule has 1 aromatic heterocycles. The third-order valence-corrected chi connectivity index (χ3v) is 3.92. The minimum atomic E-state index is 0.0164. The van der Waals surface area contributed by atoms with Crippen LogP contribution in [0.5, 0.6) is 0 Å². The molecule has 5 heteroatoms. The van der Waals surface area contributed by atoms with E-state index in [1.807, 2.05) is 42.7 Å². The minimum Gasteiger partial charge on any atom is -0.325 e. The van der Waals surface area contributed by atoms with E-state index in [2.05, 4.69) is 10.3 Å². The fourth-order valence-electron chi connectivity index (χ4n) is 1.90. The molecule has 1 aromatic carbocycles. The van der Waals surface area contributed by atoms with Crippen molar-refractivity contribution in [3.63, 3.8) is 0 Å². The second-order valence-corrected chi connectivity index (χ2v) is 5.88. The van der Waals surface area contributed by atoms with Crippen LogP contribution in [-0.4, -0.2) is 17.1 Å². The van der Waals surface area contributed by atoms with E-state index in [9.17, 15) is 4.79 Å². The van der Waals surface area contributed by atoms with Crippen molar-refractivity contribution in [3.05, 3.63) is 53.2 Å². The lowest BCUT2D eigenvalue weighted by Gasteiger charge is -2.05. The lowest BCUT2D eigenvalue weighted by Crippen LogP contribution is -2.11. The summed E-state index contributed by atoms with van der Waals surface area (Å²) in [5.74, 6) is 0.0164. The Bertz CT molecular complexity index is 584. The van der Waals surface area contributed by atoms with Crippen molar-refractivity contribution >= 4 is 35.0 Å². The Labute approximate surface area is 134 Å². The van der Waals surface area contributed by atoms with Crippen LogP contribution < -0.4 is 5.32 Å². The van der Waals surface area contributed by atoms with E-state index in [-0.39, 0.29) is 5.91 Å². The Hall–Kier alpha value is -1.52. The highest BCUT2D eigenvalue weighted by Gasteiger charge is 2.03. The molecule has 2 rings (SSSR count). The molecule has 0 radical (unpaired) electrons. The van der Waals surface area contributed by atoms with Crippen molar-refractivity contribution < 1.29 is 4.79 Å². The van der Waals surface area contributed by atoms with Gasteiger partial charge in [0.25, 0.3) is 0 Å². The van der Waals surface area contributed by atoms with Gasteiger partial charge < -0.3 is 5.32 Å². The van der Waals surface area contributed by atoms with Crippen LogP contribution in [0.3, 0.4) is 0 Å². The Balaban J connectivity index is 1.75. The molecule has 21 heavy (non-hydrogen) atoms. The summed E-state index contributed by atoms with van der Waals surface area (Å²) in [6.07, 6.45) is 5.82. The molecule has 3 nitrogen and oxygen atoms in total. The van der Waals surface area contributed by atoms with Crippen molar-refractivity contribution in [1.29, 1.82) is 0 Å². The molecule has 0 saturated heterocycles. The zero-order valence-corrected chi connectivity index (χ0v) is 13.4.